The largest absolute Gasteiger partial charge is 0.378 e. The lowest BCUT2D eigenvalue weighted by atomic mass is 10.1. The maximum Gasteiger partial charge on any atom is 0.288 e. The number of anilines is 1. The molecule has 1 N–H and O–H groups in total. The molecule has 0 radical (unpaired) electrons. The molecule has 0 saturated heterocycles. The summed E-state index contributed by atoms with van der Waals surface area (Å²) in [7, 11) is 3.95. The van der Waals surface area contributed by atoms with E-state index in [1.165, 1.54) is 4.52 Å². The van der Waals surface area contributed by atoms with E-state index in [4.69, 9.17) is 11.4 Å². The van der Waals surface area contributed by atoms with Gasteiger partial charge in [0.1, 0.15) is 10.9 Å². The van der Waals surface area contributed by atoms with Crippen LogP contribution in [0, 0.1) is 36.0 Å². The van der Waals surface area contributed by atoms with E-state index in [1.54, 1.807) is 0 Å². The van der Waals surface area contributed by atoms with E-state index < -0.39 is 0 Å². The molecular weight excluding hydrogens is 374 g/mol. The van der Waals surface area contributed by atoms with Gasteiger partial charge in [-0.3, -0.25) is 9.89 Å². The van der Waals surface area contributed by atoms with Gasteiger partial charge in [-0.2, -0.15) is 4.52 Å². The normalized spacial score (nSPS) is 10.9. The first-order chi connectivity index (χ1) is 14.3. The van der Waals surface area contributed by atoms with Crippen LogP contribution in [0.3, 0.4) is 0 Å². The topological polar surface area (TPSA) is 65.8 Å². The van der Waals surface area contributed by atoms with Gasteiger partial charge in [0.2, 0.25) is 0 Å². The van der Waals surface area contributed by atoms with Crippen LogP contribution in [-0.2, 0) is 0 Å². The molecule has 6 nitrogen and oxygen atoms in total. The lowest BCUT2D eigenvalue weighted by Gasteiger charge is -2.11. The summed E-state index contributed by atoms with van der Waals surface area (Å²) in [6.07, 6.45) is 5.10. The second kappa shape index (κ2) is 8.43. The zero-order valence-corrected chi connectivity index (χ0v) is 17.4. The summed E-state index contributed by atoms with van der Waals surface area (Å²) in [6, 6.07) is 7.76. The van der Waals surface area contributed by atoms with Crippen LogP contribution in [0.25, 0.3) is 12.2 Å². The van der Waals surface area contributed by atoms with E-state index in [9.17, 15) is 4.79 Å². The van der Waals surface area contributed by atoms with E-state index in [0.29, 0.717) is 22.0 Å². The maximum atomic E-state index is 13.1. The van der Waals surface area contributed by atoms with E-state index in [2.05, 4.69) is 46.3 Å². The summed E-state index contributed by atoms with van der Waals surface area (Å²) in [5, 5.41) is 3.95. The third-order valence-electron chi connectivity index (χ3n) is 4.39. The molecule has 0 unspecified atom stereocenters. The summed E-state index contributed by atoms with van der Waals surface area (Å²) < 4.78 is 1.32. The van der Waals surface area contributed by atoms with Crippen molar-refractivity contribution in [1.29, 1.82) is 0 Å². The number of hydrogen-bond donors (Lipinski definition) is 1. The number of terminal acetylenes is 1. The highest BCUT2D eigenvalue weighted by Gasteiger charge is 2.16. The van der Waals surface area contributed by atoms with Crippen LogP contribution in [0.4, 0.5) is 11.4 Å². The first-order valence-electron chi connectivity index (χ1n) is 9.29. The monoisotopic (exact) mass is 395 g/mol. The number of aromatic nitrogens is 3. The smallest absolute Gasteiger partial charge is 0.288 e. The van der Waals surface area contributed by atoms with Gasteiger partial charge in [0, 0.05) is 19.8 Å². The molecular formula is C24H21N5O. The Morgan fingerprint density at radius 3 is 2.50 bits per heavy atom. The molecule has 2 aromatic heterocycles. The minimum atomic E-state index is -0.326. The van der Waals surface area contributed by atoms with Crippen LogP contribution >= 0.6 is 0 Å². The van der Waals surface area contributed by atoms with Gasteiger partial charge in [-0.15, -0.1) is 6.42 Å². The third kappa shape index (κ3) is 3.97. The molecule has 3 aromatic rings. The van der Waals surface area contributed by atoms with Crippen LogP contribution in [-0.4, -0.2) is 28.7 Å². The van der Waals surface area contributed by atoms with Gasteiger partial charge in [-0.25, -0.2) is 9.98 Å². The fraction of sp³-hybridized carbons (Fsp3) is 0.208. The van der Waals surface area contributed by atoms with Crippen molar-refractivity contribution in [2.45, 2.75) is 19.8 Å². The predicted octanol–water partition coefficient (Wildman–Crippen LogP) is 1.56. The molecule has 0 spiro atoms. The van der Waals surface area contributed by atoms with Crippen molar-refractivity contribution in [3.8, 4) is 36.0 Å². The summed E-state index contributed by atoms with van der Waals surface area (Å²) in [5.74, 6) is 12.5. The van der Waals surface area contributed by atoms with Crippen molar-refractivity contribution in [3.05, 3.63) is 56.6 Å². The fourth-order valence-corrected chi connectivity index (χ4v) is 2.89. The van der Waals surface area contributed by atoms with Gasteiger partial charge in [-0.1, -0.05) is 20.4 Å². The Morgan fingerprint density at radius 2 is 1.90 bits per heavy atom. The van der Waals surface area contributed by atoms with Gasteiger partial charge in [0.15, 0.2) is 5.65 Å². The van der Waals surface area contributed by atoms with Crippen LogP contribution in [0.1, 0.15) is 31.0 Å². The maximum absolute atomic E-state index is 13.1. The molecule has 0 atom stereocenters. The number of aromatic amines is 1. The van der Waals surface area contributed by atoms with Crippen molar-refractivity contribution < 1.29 is 0 Å². The summed E-state index contributed by atoms with van der Waals surface area (Å²) >= 11 is 0. The highest BCUT2D eigenvalue weighted by atomic mass is 16.1. The first kappa shape index (κ1) is 20.5. The first-order valence-corrected chi connectivity index (χ1v) is 9.29. The number of fused-ring (bicyclic) bond motifs is 1. The van der Waals surface area contributed by atoms with Crippen LogP contribution in [0.2, 0.25) is 0 Å². The molecule has 0 bridgehead atoms. The predicted molar refractivity (Wildman–Crippen MR) is 120 cm³/mol. The molecule has 0 aliphatic rings. The minimum absolute atomic E-state index is 0.0250. The van der Waals surface area contributed by atoms with Gasteiger partial charge in [0.25, 0.3) is 5.56 Å². The SMILES string of the molecule is C#CC#CC#Cc1c(C(C)C)nc2c(=Nc3ccc(N(C)C)cc3)c(=C)[nH]n2c1=O. The molecule has 2 heterocycles. The quantitative estimate of drug-likeness (QED) is 0.685. The minimum Gasteiger partial charge on any atom is -0.378 e. The van der Waals surface area contributed by atoms with Crippen molar-refractivity contribution in [2.75, 3.05) is 19.0 Å². The van der Waals surface area contributed by atoms with Crippen molar-refractivity contribution in [3.63, 3.8) is 0 Å². The number of nitrogens with zero attached hydrogens (tertiary/aromatic N) is 4. The molecule has 0 saturated carbocycles. The number of H-pyrrole nitrogens is 1. The molecule has 0 fully saturated rings. The molecule has 148 valence electrons. The Hall–Kier alpha value is -4.21. The lowest BCUT2D eigenvalue weighted by molar-refractivity contribution is 0.789. The Balaban J connectivity index is 2.27. The van der Waals surface area contributed by atoms with Gasteiger partial charge >= 0.3 is 0 Å². The number of benzene rings is 1. The molecule has 0 aliphatic carbocycles. The molecule has 0 aliphatic heterocycles. The fourth-order valence-electron chi connectivity index (χ4n) is 2.89. The highest BCUT2D eigenvalue weighted by Crippen LogP contribution is 2.18. The Bertz CT molecular complexity index is 1440. The van der Waals surface area contributed by atoms with Crippen molar-refractivity contribution in [1.82, 2.24) is 14.6 Å². The summed E-state index contributed by atoms with van der Waals surface area (Å²) in [4.78, 5) is 24.5. The molecule has 6 heteroatoms. The van der Waals surface area contributed by atoms with Gasteiger partial charge in [-0.05, 0) is 59.8 Å². The molecule has 0 amide bonds. The Labute approximate surface area is 175 Å². The third-order valence-corrected chi connectivity index (χ3v) is 4.39. The van der Waals surface area contributed by atoms with E-state index in [1.807, 2.05) is 57.1 Å². The molecule has 3 rings (SSSR count). The van der Waals surface area contributed by atoms with Gasteiger partial charge in [0.05, 0.1) is 16.7 Å². The lowest BCUT2D eigenvalue weighted by Crippen LogP contribution is -2.23. The zero-order chi connectivity index (χ0) is 21.8. The van der Waals surface area contributed by atoms with Crippen LogP contribution < -0.4 is 21.2 Å². The van der Waals surface area contributed by atoms with Gasteiger partial charge < -0.3 is 4.90 Å². The van der Waals surface area contributed by atoms with Crippen LogP contribution in [0.15, 0.2) is 34.1 Å². The van der Waals surface area contributed by atoms with E-state index >= 15 is 0 Å². The summed E-state index contributed by atoms with van der Waals surface area (Å²) in [5.41, 5.74) is 2.74. The molecule has 1 aromatic carbocycles. The Kier molecular flexibility index (Phi) is 5.77. The van der Waals surface area contributed by atoms with E-state index in [-0.39, 0.29) is 17.0 Å². The molecule has 30 heavy (non-hydrogen) atoms. The number of hydrogen-bond acceptors (Lipinski definition) is 4. The standard InChI is InChI=1S/C24H21N5O/c1-7-8-9-10-11-20-21(16(2)3)26-23-22(17(4)27-29(23)24(20)30)25-18-12-14-19(15-13-18)28(5)6/h1,12-16,27H,4H2,2-3,5-6H3. The average molecular weight is 395 g/mol. The summed E-state index contributed by atoms with van der Waals surface area (Å²) in [6.45, 7) is 7.89. The van der Waals surface area contributed by atoms with Crippen LogP contribution in [0.5, 0.6) is 0 Å². The van der Waals surface area contributed by atoms with Crippen molar-refractivity contribution >= 4 is 23.6 Å². The number of rotatable bonds is 3. The second-order valence-corrected chi connectivity index (χ2v) is 7.10. The average Bonchev–Trinajstić information content (AvgIpc) is 3.02. The zero-order valence-electron chi connectivity index (χ0n) is 17.4. The van der Waals surface area contributed by atoms with Crippen molar-refractivity contribution in [2.24, 2.45) is 4.99 Å². The number of nitrogens with one attached hydrogen (secondary N) is 1. The highest BCUT2D eigenvalue weighted by molar-refractivity contribution is 5.53. The van der Waals surface area contributed by atoms with E-state index in [0.717, 1.165) is 11.4 Å². The second-order valence-electron chi connectivity index (χ2n) is 7.10. The Morgan fingerprint density at radius 1 is 1.20 bits per heavy atom.